The van der Waals surface area contributed by atoms with Gasteiger partial charge in [-0.15, -0.1) is 15.0 Å². The first-order chi connectivity index (χ1) is 21.2. The summed E-state index contributed by atoms with van der Waals surface area (Å²) in [6.45, 7) is 0. The molecule has 0 amide bonds. The van der Waals surface area contributed by atoms with Crippen molar-refractivity contribution in [3.8, 4) is 34.1 Å². The minimum atomic E-state index is -0.954. The standard InChI is InChI=1S/C34H26N6O3/c1-42-30-19-18-24(20-31(30)43-2)32-29(21-28(22-35-32)36-23-41)33-37-39-40(38-33)34(25-12-6-3-7-13-25,26-14-8-4-9-15-26)27-16-10-5-11-17-27/h3-22H,1-2H3. The normalized spacial score (nSPS) is 11.0. The Bertz CT molecular complexity index is 1810. The highest BCUT2D eigenvalue weighted by Crippen LogP contribution is 2.41. The number of pyridine rings is 1. The van der Waals surface area contributed by atoms with Gasteiger partial charge in [-0.3, -0.25) is 4.98 Å². The SMILES string of the molecule is COc1ccc(-c2ncc(N=C=O)cc2-c2nnn(C(c3ccccc3)(c3ccccc3)c3ccccc3)n2)cc1OC. The van der Waals surface area contributed by atoms with Crippen molar-refractivity contribution >= 4 is 11.8 Å². The number of benzene rings is 4. The van der Waals surface area contributed by atoms with E-state index in [1.165, 1.54) is 6.20 Å². The second-order valence-corrected chi connectivity index (χ2v) is 9.57. The van der Waals surface area contributed by atoms with Crippen LogP contribution in [0.3, 0.4) is 0 Å². The molecule has 0 fully saturated rings. The topological polar surface area (TPSA) is 104 Å². The number of hydrogen-bond donors (Lipinski definition) is 0. The van der Waals surface area contributed by atoms with Gasteiger partial charge in [0.1, 0.15) is 0 Å². The summed E-state index contributed by atoms with van der Waals surface area (Å²) in [4.78, 5) is 21.2. The fourth-order valence-electron chi connectivity index (χ4n) is 5.30. The monoisotopic (exact) mass is 566 g/mol. The van der Waals surface area contributed by atoms with Crippen LogP contribution in [-0.4, -0.2) is 45.5 Å². The van der Waals surface area contributed by atoms with E-state index in [0.29, 0.717) is 34.3 Å². The first kappa shape index (κ1) is 27.3. The molecule has 0 aliphatic carbocycles. The molecule has 0 N–H and O–H groups in total. The molecule has 9 nitrogen and oxygen atoms in total. The van der Waals surface area contributed by atoms with E-state index in [9.17, 15) is 4.79 Å². The molecule has 0 unspecified atom stereocenters. The summed E-state index contributed by atoms with van der Waals surface area (Å²) >= 11 is 0. The number of ether oxygens (including phenoxy) is 2. The van der Waals surface area contributed by atoms with Crippen molar-refractivity contribution in [2.45, 2.75) is 5.54 Å². The molecule has 2 heterocycles. The number of aromatic nitrogens is 5. The van der Waals surface area contributed by atoms with Crippen LogP contribution >= 0.6 is 0 Å². The van der Waals surface area contributed by atoms with E-state index in [2.05, 4.69) is 56.7 Å². The third kappa shape index (κ3) is 4.94. The van der Waals surface area contributed by atoms with E-state index < -0.39 is 5.54 Å². The van der Waals surface area contributed by atoms with Crippen molar-refractivity contribution in [3.05, 3.63) is 138 Å². The Balaban J connectivity index is 1.61. The number of aliphatic imine (C=N–C) groups is 1. The van der Waals surface area contributed by atoms with Crippen LogP contribution in [0.15, 0.2) is 126 Å². The number of hydrogen-bond acceptors (Lipinski definition) is 8. The molecule has 0 radical (unpaired) electrons. The third-order valence-corrected chi connectivity index (χ3v) is 7.23. The van der Waals surface area contributed by atoms with Crippen molar-refractivity contribution in [2.24, 2.45) is 4.99 Å². The maximum Gasteiger partial charge on any atom is 0.240 e. The van der Waals surface area contributed by atoms with Crippen molar-refractivity contribution < 1.29 is 14.3 Å². The van der Waals surface area contributed by atoms with Crippen molar-refractivity contribution in [1.29, 1.82) is 0 Å². The maximum absolute atomic E-state index is 11.1. The summed E-state index contributed by atoms with van der Waals surface area (Å²) in [6, 6.07) is 37.4. The number of carbonyl (C=O) groups excluding carboxylic acids is 1. The van der Waals surface area contributed by atoms with Crippen LogP contribution < -0.4 is 9.47 Å². The molecular formula is C34H26N6O3. The van der Waals surface area contributed by atoms with Crippen molar-refractivity contribution in [3.63, 3.8) is 0 Å². The fraction of sp³-hybridized carbons (Fsp3) is 0.0882. The Morgan fingerprint density at radius 2 is 1.33 bits per heavy atom. The molecule has 0 spiro atoms. The Morgan fingerprint density at radius 1 is 0.744 bits per heavy atom. The minimum absolute atomic E-state index is 0.299. The Hall–Kier alpha value is -5.92. The van der Waals surface area contributed by atoms with Gasteiger partial charge in [0.05, 0.1) is 37.4 Å². The molecule has 0 bridgehead atoms. The predicted molar refractivity (Wildman–Crippen MR) is 162 cm³/mol. The Kier molecular flexibility index (Phi) is 7.54. The van der Waals surface area contributed by atoms with Gasteiger partial charge < -0.3 is 9.47 Å². The number of methoxy groups -OCH3 is 2. The average molecular weight is 567 g/mol. The first-order valence-electron chi connectivity index (χ1n) is 13.5. The molecule has 43 heavy (non-hydrogen) atoms. The average Bonchev–Trinajstić information content (AvgIpc) is 3.57. The van der Waals surface area contributed by atoms with Gasteiger partial charge in [0, 0.05) is 5.56 Å². The molecule has 9 heteroatoms. The van der Waals surface area contributed by atoms with E-state index >= 15 is 0 Å². The molecule has 2 aromatic heterocycles. The van der Waals surface area contributed by atoms with Crippen molar-refractivity contribution in [2.75, 3.05) is 14.2 Å². The summed E-state index contributed by atoms with van der Waals surface area (Å²) in [5, 5.41) is 14.2. The van der Waals surface area contributed by atoms with Crippen LogP contribution in [0.2, 0.25) is 0 Å². The second-order valence-electron chi connectivity index (χ2n) is 9.57. The smallest absolute Gasteiger partial charge is 0.240 e. The molecule has 0 atom stereocenters. The highest BCUT2D eigenvalue weighted by Gasteiger charge is 2.41. The zero-order chi connectivity index (χ0) is 29.6. The molecule has 0 aliphatic heterocycles. The van der Waals surface area contributed by atoms with E-state index in [1.54, 1.807) is 37.2 Å². The number of isocyanates is 1. The highest BCUT2D eigenvalue weighted by molar-refractivity contribution is 5.80. The molecule has 210 valence electrons. The van der Waals surface area contributed by atoms with E-state index in [1.807, 2.05) is 66.7 Å². The predicted octanol–water partition coefficient (Wildman–Crippen LogP) is 6.23. The summed E-state index contributed by atoms with van der Waals surface area (Å²) in [5.41, 5.74) is 4.02. The molecule has 0 saturated carbocycles. The summed E-state index contributed by atoms with van der Waals surface area (Å²) in [7, 11) is 3.15. The lowest BCUT2D eigenvalue weighted by atomic mass is 9.77. The molecular weight excluding hydrogens is 540 g/mol. The number of tetrazole rings is 1. The minimum Gasteiger partial charge on any atom is -0.493 e. The van der Waals surface area contributed by atoms with E-state index in [-0.39, 0.29) is 0 Å². The lowest BCUT2D eigenvalue weighted by Crippen LogP contribution is -2.39. The Labute approximate surface area is 248 Å². The highest BCUT2D eigenvalue weighted by atomic mass is 16.5. The van der Waals surface area contributed by atoms with Gasteiger partial charge in [0.15, 0.2) is 17.0 Å². The van der Waals surface area contributed by atoms with Crippen LogP contribution in [-0.2, 0) is 10.3 Å². The van der Waals surface area contributed by atoms with Crippen LogP contribution in [0.5, 0.6) is 11.5 Å². The van der Waals surface area contributed by atoms with Crippen LogP contribution in [0, 0.1) is 0 Å². The van der Waals surface area contributed by atoms with Gasteiger partial charge in [-0.1, -0.05) is 91.0 Å². The van der Waals surface area contributed by atoms with Crippen LogP contribution in [0.4, 0.5) is 5.69 Å². The van der Waals surface area contributed by atoms with Gasteiger partial charge in [-0.25, -0.2) is 4.79 Å². The maximum atomic E-state index is 11.1. The molecule has 0 saturated heterocycles. The first-order valence-corrected chi connectivity index (χ1v) is 13.5. The largest absolute Gasteiger partial charge is 0.493 e. The summed E-state index contributed by atoms with van der Waals surface area (Å²) < 4.78 is 11.0. The van der Waals surface area contributed by atoms with E-state index in [4.69, 9.17) is 14.6 Å². The molecule has 6 rings (SSSR count). The fourth-order valence-corrected chi connectivity index (χ4v) is 5.30. The molecule has 6 aromatic rings. The van der Waals surface area contributed by atoms with Gasteiger partial charge >= 0.3 is 0 Å². The second kappa shape index (κ2) is 11.9. The summed E-state index contributed by atoms with van der Waals surface area (Å²) in [6.07, 6.45) is 3.08. The quantitative estimate of drug-likeness (QED) is 0.116. The third-order valence-electron chi connectivity index (χ3n) is 7.23. The van der Waals surface area contributed by atoms with Crippen LogP contribution in [0.1, 0.15) is 16.7 Å². The molecule has 0 aliphatic rings. The Morgan fingerprint density at radius 3 is 1.86 bits per heavy atom. The molecule has 4 aromatic carbocycles. The lowest BCUT2D eigenvalue weighted by Gasteiger charge is -2.34. The van der Waals surface area contributed by atoms with E-state index in [0.717, 1.165) is 22.3 Å². The van der Waals surface area contributed by atoms with Crippen LogP contribution in [0.25, 0.3) is 22.6 Å². The zero-order valence-corrected chi connectivity index (χ0v) is 23.5. The zero-order valence-electron chi connectivity index (χ0n) is 23.5. The number of rotatable bonds is 9. The number of nitrogens with zero attached hydrogens (tertiary/aromatic N) is 6. The van der Waals surface area contributed by atoms with Gasteiger partial charge in [0.2, 0.25) is 11.9 Å². The van der Waals surface area contributed by atoms with Gasteiger partial charge in [0.25, 0.3) is 0 Å². The lowest BCUT2D eigenvalue weighted by molar-refractivity contribution is 0.355. The van der Waals surface area contributed by atoms with Crippen molar-refractivity contribution in [1.82, 2.24) is 25.2 Å². The summed E-state index contributed by atoms with van der Waals surface area (Å²) in [5.74, 6) is 1.42. The van der Waals surface area contributed by atoms with Gasteiger partial charge in [-0.2, -0.15) is 4.99 Å². The van der Waals surface area contributed by atoms with Gasteiger partial charge in [-0.05, 0) is 46.2 Å².